The number of nitrogens with zero attached hydrogens (tertiary/aromatic N) is 1. The average molecular weight is 312 g/mol. The molecule has 0 aliphatic carbocycles. The third-order valence-corrected chi connectivity index (χ3v) is 4.43. The predicted molar refractivity (Wildman–Crippen MR) is 74.8 cm³/mol. The van der Waals surface area contributed by atoms with E-state index in [4.69, 9.17) is 4.74 Å². The first-order valence-electron chi connectivity index (χ1n) is 6.15. The number of hydrogen-bond acceptors (Lipinski definition) is 2. The van der Waals surface area contributed by atoms with Gasteiger partial charge in [-0.3, -0.25) is 4.79 Å². The highest BCUT2D eigenvalue weighted by atomic mass is 79.9. The zero-order valence-electron chi connectivity index (χ0n) is 10.9. The number of rotatable bonds is 2. The second kappa shape index (κ2) is 5.41. The molecular weight excluding hydrogens is 294 g/mol. The standard InChI is InChI=1S/C14H18BrNO2/c1-9-4-5-11(8-12(9)15)14(17)16(3)13-6-7-18-10(13)2/h4-5,8,10,13H,6-7H2,1-3H3. The minimum atomic E-state index is 0.0538. The lowest BCUT2D eigenvalue weighted by atomic mass is 10.1. The monoisotopic (exact) mass is 311 g/mol. The molecule has 0 N–H and O–H groups in total. The van der Waals surface area contributed by atoms with Gasteiger partial charge in [-0.25, -0.2) is 0 Å². The van der Waals surface area contributed by atoms with Crippen molar-refractivity contribution >= 4 is 21.8 Å². The Balaban J connectivity index is 2.17. The van der Waals surface area contributed by atoms with E-state index >= 15 is 0 Å². The maximum absolute atomic E-state index is 12.4. The van der Waals surface area contributed by atoms with Crippen LogP contribution in [0.5, 0.6) is 0 Å². The van der Waals surface area contributed by atoms with Crippen molar-refractivity contribution in [2.75, 3.05) is 13.7 Å². The van der Waals surface area contributed by atoms with E-state index in [2.05, 4.69) is 15.9 Å². The fourth-order valence-electron chi connectivity index (χ4n) is 2.31. The van der Waals surface area contributed by atoms with Gasteiger partial charge in [-0.2, -0.15) is 0 Å². The molecule has 0 aromatic heterocycles. The zero-order chi connectivity index (χ0) is 13.3. The van der Waals surface area contributed by atoms with Crippen molar-refractivity contribution in [1.82, 2.24) is 4.90 Å². The molecule has 1 fully saturated rings. The quantitative estimate of drug-likeness (QED) is 0.840. The van der Waals surface area contributed by atoms with Crippen LogP contribution in [0.1, 0.15) is 29.3 Å². The van der Waals surface area contributed by atoms with E-state index in [1.807, 2.05) is 39.1 Å². The van der Waals surface area contributed by atoms with E-state index < -0.39 is 0 Å². The molecule has 0 bridgehead atoms. The Kier molecular flexibility index (Phi) is 4.07. The van der Waals surface area contributed by atoms with Crippen LogP contribution in [-0.4, -0.2) is 36.6 Å². The number of carbonyl (C=O) groups excluding carboxylic acids is 1. The Morgan fingerprint density at radius 3 is 2.78 bits per heavy atom. The van der Waals surface area contributed by atoms with Gasteiger partial charge in [-0.1, -0.05) is 22.0 Å². The molecule has 3 nitrogen and oxygen atoms in total. The Morgan fingerprint density at radius 2 is 2.22 bits per heavy atom. The molecule has 0 saturated carbocycles. The third kappa shape index (κ3) is 2.59. The number of halogens is 1. The van der Waals surface area contributed by atoms with Gasteiger partial charge < -0.3 is 9.64 Å². The maximum Gasteiger partial charge on any atom is 0.253 e. The minimum Gasteiger partial charge on any atom is -0.376 e. The molecular formula is C14H18BrNO2. The van der Waals surface area contributed by atoms with E-state index in [1.165, 1.54) is 0 Å². The largest absolute Gasteiger partial charge is 0.376 e. The van der Waals surface area contributed by atoms with Gasteiger partial charge in [-0.15, -0.1) is 0 Å². The average Bonchev–Trinajstić information content (AvgIpc) is 2.77. The zero-order valence-corrected chi connectivity index (χ0v) is 12.5. The van der Waals surface area contributed by atoms with E-state index in [0.717, 1.165) is 23.1 Å². The smallest absolute Gasteiger partial charge is 0.253 e. The first-order valence-corrected chi connectivity index (χ1v) is 6.95. The molecule has 0 radical (unpaired) electrons. The fourth-order valence-corrected chi connectivity index (χ4v) is 2.69. The third-order valence-electron chi connectivity index (χ3n) is 3.57. The number of hydrogen-bond donors (Lipinski definition) is 0. The number of carbonyl (C=O) groups is 1. The lowest BCUT2D eigenvalue weighted by Gasteiger charge is -2.27. The molecule has 18 heavy (non-hydrogen) atoms. The van der Waals surface area contributed by atoms with Crippen molar-refractivity contribution in [3.05, 3.63) is 33.8 Å². The molecule has 1 aliphatic rings. The van der Waals surface area contributed by atoms with Crippen LogP contribution in [0.3, 0.4) is 0 Å². The van der Waals surface area contributed by atoms with Gasteiger partial charge in [0, 0.05) is 23.7 Å². The topological polar surface area (TPSA) is 29.5 Å². The Morgan fingerprint density at radius 1 is 1.50 bits per heavy atom. The van der Waals surface area contributed by atoms with Crippen LogP contribution in [0.4, 0.5) is 0 Å². The predicted octanol–water partition coefficient (Wildman–Crippen LogP) is 3.01. The van der Waals surface area contributed by atoms with Crippen molar-refractivity contribution < 1.29 is 9.53 Å². The van der Waals surface area contributed by atoms with E-state index in [9.17, 15) is 4.79 Å². The van der Waals surface area contributed by atoms with Crippen LogP contribution >= 0.6 is 15.9 Å². The fraction of sp³-hybridized carbons (Fsp3) is 0.500. The molecule has 98 valence electrons. The van der Waals surface area contributed by atoms with E-state index in [0.29, 0.717) is 5.56 Å². The maximum atomic E-state index is 12.4. The van der Waals surface area contributed by atoms with Gasteiger partial charge in [0.25, 0.3) is 5.91 Å². The Bertz CT molecular complexity index is 461. The van der Waals surface area contributed by atoms with Crippen molar-refractivity contribution in [2.45, 2.75) is 32.4 Å². The van der Waals surface area contributed by atoms with Crippen LogP contribution in [0, 0.1) is 6.92 Å². The second-order valence-electron chi connectivity index (χ2n) is 4.81. The summed E-state index contributed by atoms with van der Waals surface area (Å²) in [7, 11) is 1.85. The molecule has 2 rings (SSSR count). The number of amides is 1. The molecule has 1 saturated heterocycles. The van der Waals surface area contributed by atoms with Crippen molar-refractivity contribution in [1.29, 1.82) is 0 Å². The number of aryl methyl sites for hydroxylation is 1. The van der Waals surface area contributed by atoms with Crippen LogP contribution in [-0.2, 0) is 4.74 Å². The normalized spacial score (nSPS) is 23.1. The summed E-state index contributed by atoms with van der Waals surface area (Å²) in [5, 5.41) is 0. The Hall–Kier alpha value is -0.870. The van der Waals surface area contributed by atoms with Crippen molar-refractivity contribution in [3.63, 3.8) is 0 Å². The lowest BCUT2D eigenvalue weighted by Crippen LogP contribution is -2.41. The summed E-state index contributed by atoms with van der Waals surface area (Å²) in [5.41, 5.74) is 1.85. The van der Waals surface area contributed by atoms with Crippen molar-refractivity contribution in [3.8, 4) is 0 Å². The van der Waals surface area contributed by atoms with Gasteiger partial charge in [0.2, 0.25) is 0 Å². The Labute approximate surface area is 116 Å². The number of benzene rings is 1. The molecule has 0 spiro atoms. The lowest BCUT2D eigenvalue weighted by molar-refractivity contribution is 0.0574. The summed E-state index contributed by atoms with van der Waals surface area (Å²) in [5.74, 6) is 0.0538. The first-order chi connectivity index (χ1) is 8.50. The SMILES string of the molecule is Cc1ccc(C(=O)N(C)C2CCOC2C)cc1Br. The van der Waals surface area contributed by atoms with Crippen LogP contribution in [0.2, 0.25) is 0 Å². The summed E-state index contributed by atoms with van der Waals surface area (Å²) in [6, 6.07) is 5.89. The van der Waals surface area contributed by atoms with Gasteiger partial charge in [0.1, 0.15) is 0 Å². The number of ether oxygens (including phenoxy) is 1. The van der Waals surface area contributed by atoms with Crippen molar-refractivity contribution in [2.24, 2.45) is 0 Å². The van der Waals surface area contributed by atoms with Crippen LogP contribution < -0.4 is 0 Å². The van der Waals surface area contributed by atoms with Crippen LogP contribution in [0.15, 0.2) is 22.7 Å². The van der Waals surface area contributed by atoms with Crippen LogP contribution in [0.25, 0.3) is 0 Å². The highest BCUT2D eigenvalue weighted by Gasteiger charge is 2.31. The molecule has 1 aromatic carbocycles. The summed E-state index contributed by atoms with van der Waals surface area (Å²) >= 11 is 3.46. The molecule has 2 atom stereocenters. The van der Waals surface area contributed by atoms with Gasteiger partial charge >= 0.3 is 0 Å². The molecule has 2 unspecified atom stereocenters. The first kappa shape index (κ1) is 13.6. The molecule has 4 heteroatoms. The summed E-state index contributed by atoms with van der Waals surface area (Å²) < 4.78 is 6.48. The molecule has 1 heterocycles. The highest BCUT2D eigenvalue weighted by molar-refractivity contribution is 9.10. The van der Waals surface area contributed by atoms with E-state index in [1.54, 1.807) is 4.90 Å². The summed E-state index contributed by atoms with van der Waals surface area (Å²) in [6.45, 7) is 4.77. The minimum absolute atomic E-state index is 0.0538. The molecule has 1 aromatic rings. The van der Waals surface area contributed by atoms with Gasteiger partial charge in [0.15, 0.2) is 0 Å². The molecule has 1 amide bonds. The van der Waals surface area contributed by atoms with Gasteiger partial charge in [0.05, 0.1) is 12.1 Å². The van der Waals surface area contributed by atoms with E-state index in [-0.39, 0.29) is 18.1 Å². The molecule has 1 aliphatic heterocycles. The summed E-state index contributed by atoms with van der Waals surface area (Å²) in [4.78, 5) is 14.2. The second-order valence-corrected chi connectivity index (χ2v) is 5.67. The highest BCUT2D eigenvalue weighted by Crippen LogP contribution is 2.22. The number of likely N-dealkylation sites (N-methyl/N-ethyl adjacent to an activating group) is 1. The summed E-state index contributed by atoms with van der Waals surface area (Å²) in [6.07, 6.45) is 1.03. The van der Waals surface area contributed by atoms with Gasteiger partial charge in [-0.05, 0) is 38.0 Å².